The number of pyridine rings is 1. The summed E-state index contributed by atoms with van der Waals surface area (Å²) in [5, 5.41) is 11.8. The normalized spacial score (nSPS) is 16.6. The summed E-state index contributed by atoms with van der Waals surface area (Å²) in [6.07, 6.45) is 7.95. The lowest BCUT2D eigenvalue weighted by Crippen LogP contribution is -2.35. The van der Waals surface area contributed by atoms with Crippen LogP contribution in [0.2, 0.25) is 0 Å². The first-order chi connectivity index (χ1) is 13.2. The van der Waals surface area contributed by atoms with Crippen LogP contribution in [-0.4, -0.2) is 38.0 Å². The van der Waals surface area contributed by atoms with Crippen LogP contribution in [-0.2, 0) is 18.7 Å². The third-order valence-electron chi connectivity index (χ3n) is 4.69. The van der Waals surface area contributed by atoms with Gasteiger partial charge in [-0.2, -0.15) is 11.8 Å². The Balaban J connectivity index is 1.43. The first-order valence-corrected chi connectivity index (χ1v) is 10.3. The molecule has 0 saturated heterocycles. The van der Waals surface area contributed by atoms with Crippen LogP contribution in [0.4, 0.5) is 0 Å². The van der Waals surface area contributed by atoms with E-state index in [-0.39, 0.29) is 11.9 Å². The summed E-state index contributed by atoms with van der Waals surface area (Å²) in [5.41, 5.74) is 1.00. The van der Waals surface area contributed by atoms with Gasteiger partial charge in [-0.05, 0) is 43.4 Å². The molecule has 0 fully saturated rings. The van der Waals surface area contributed by atoms with Gasteiger partial charge in [0, 0.05) is 37.0 Å². The highest BCUT2D eigenvalue weighted by Crippen LogP contribution is 2.22. The number of aromatic nitrogens is 4. The molecular formula is C19H21N5O2S. The monoisotopic (exact) mass is 383 g/mol. The largest absolute Gasteiger partial charge is 0.455 e. The molecule has 7 nitrogen and oxygen atoms in total. The van der Waals surface area contributed by atoms with Crippen LogP contribution < -0.4 is 5.32 Å². The van der Waals surface area contributed by atoms with Gasteiger partial charge in [0.1, 0.15) is 11.6 Å². The number of amides is 1. The second-order valence-electron chi connectivity index (χ2n) is 6.52. The summed E-state index contributed by atoms with van der Waals surface area (Å²) in [6, 6.07) is 7.56. The van der Waals surface area contributed by atoms with Crippen LogP contribution in [0.5, 0.6) is 0 Å². The topological polar surface area (TPSA) is 85.8 Å². The van der Waals surface area contributed by atoms with Gasteiger partial charge in [-0.25, -0.2) is 0 Å². The number of hydrogen-bond donors (Lipinski definition) is 1. The number of carbonyl (C=O) groups is 1. The van der Waals surface area contributed by atoms with E-state index in [0.29, 0.717) is 5.76 Å². The van der Waals surface area contributed by atoms with Gasteiger partial charge in [-0.3, -0.25) is 9.78 Å². The van der Waals surface area contributed by atoms with Crippen molar-refractivity contribution in [3.8, 4) is 11.4 Å². The molecule has 4 rings (SSSR count). The second-order valence-corrected chi connectivity index (χ2v) is 7.39. The lowest BCUT2D eigenvalue weighted by molar-refractivity contribution is 0.0903. The highest BCUT2D eigenvalue weighted by atomic mass is 32.2. The standard InChI is InChI=1S/C19H21N5O2S/c1-27-12-15-3-4-16(26-15)19(25)21-14-2-5-17-22-23-18(24(17)11-8-14)13-6-9-20-10-7-13/h3-4,6-7,9-10,14H,2,5,8,11-12H2,1H3,(H,21,25). The number of furan rings is 1. The van der Waals surface area contributed by atoms with E-state index in [1.165, 1.54) is 0 Å². The summed E-state index contributed by atoms with van der Waals surface area (Å²) < 4.78 is 7.76. The van der Waals surface area contributed by atoms with Crippen LogP contribution in [0.15, 0.2) is 41.1 Å². The van der Waals surface area contributed by atoms with Crippen molar-refractivity contribution in [2.24, 2.45) is 0 Å². The van der Waals surface area contributed by atoms with Gasteiger partial charge >= 0.3 is 0 Å². The second kappa shape index (κ2) is 7.96. The van der Waals surface area contributed by atoms with E-state index in [0.717, 1.165) is 54.5 Å². The summed E-state index contributed by atoms with van der Waals surface area (Å²) in [5.74, 6) is 3.62. The van der Waals surface area contributed by atoms with Gasteiger partial charge in [-0.1, -0.05) is 0 Å². The Morgan fingerprint density at radius 2 is 2.11 bits per heavy atom. The zero-order chi connectivity index (χ0) is 18.6. The molecule has 8 heteroatoms. The number of aryl methyl sites for hydroxylation is 1. The Labute approximate surface area is 161 Å². The highest BCUT2D eigenvalue weighted by Gasteiger charge is 2.23. The molecule has 0 aliphatic carbocycles. The Bertz CT molecular complexity index is 921. The number of hydrogen-bond acceptors (Lipinski definition) is 6. The molecule has 0 aromatic carbocycles. The predicted molar refractivity (Wildman–Crippen MR) is 103 cm³/mol. The fourth-order valence-electron chi connectivity index (χ4n) is 3.32. The molecule has 27 heavy (non-hydrogen) atoms. The van der Waals surface area contributed by atoms with Crippen molar-refractivity contribution >= 4 is 17.7 Å². The zero-order valence-corrected chi connectivity index (χ0v) is 15.9. The maximum Gasteiger partial charge on any atom is 0.287 e. The first kappa shape index (κ1) is 17.8. The van der Waals surface area contributed by atoms with E-state index in [1.54, 1.807) is 30.2 Å². The fraction of sp³-hybridized carbons (Fsp3) is 0.368. The van der Waals surface area contributed by atoms with E-state index in [4.69, 9.17) is 4.42 Å². The van der Waals surface area contributed by atoms with E-state index in [1.807, 2.05) is 24.5 Å². The van der Waals surface area contributed by atoms with Gasteiger partial charge in [0.25, 0.3) is 5.91 Å². The van der Waals surface area contributed by atoms with Crippen molar-refractivity contribution in [2.75, 3.05) is 6.26 Å². The average Bonchev–Trinajstić information content (AvgIpc) is 3.27. The van der Waals surface area contributed by atoms with Gasteiger partial charge in [0.15, 0.2) is 11.6 Å². The van der Waals surface area contributed by atoms with E-state index < -0.39 is 0 Å². The lowest BCUT2D eigenvalue weighted by Gasteiger charge is -2.15. The van der Waals surface area contributed by atoms with Gasteiger partial charge in [0.2, 0.25) is 0 Å². The summed E-state index contributed by atoms with van der Waals surface area (Å²) in [6.45, 7) is 0.765. The van der Waals surface area contributed by atoms with E-state index in [2.05, 4.69) is 25.1 Å². The number of fused-ring (bicyclic) bond motifs is 1. The summed E-state index contributed by atoms with van der Waals surface area (Å²) in [4.78, 5) is 16.5. The average molecular weight is 383 g/mol. The van der Waals surface area contributed by atoms with E-state index in [9.17, 15) is 4.79 Å². The van der Waals surface area contributed by atoms with Crippen LogP contribution >= 0.6 is 11.8 Å². The molecule has 1 aliphatic rings. The van der Waals surface area contributed by atoms with Crippen LogP contribution in [0.1, 0.15) is 35.0 Å². The molecule has 0 radical (unpaired) electrons. The third kappa shape index (κ3) is 3.90. The van der Waals surface area contributed by atoms with Crippen molar-refractivity contribution in [3.05, 3.63) is 54.0 Å². The number of nitrogens with zero attached hydrogens (tertiary/aromatic N) is 4. The molecule has 0 bridgehead atoms. The molecule has 3 aromatic heterocycles. The minimum absolute atomic E-state index is 0.0820. The Hall–Kier alpha value is -2.61. The van der Waals surface area contributed by atoms with Gasteiger partial charge < -0.3 is 14.3 Å². The Morgan fingerprint density at radius 1 is 1.26 bits per heavy atom. The molecule has 0 saturated carbocycles. The third-order valence-corrected chi connectivity index (χ3v) is 5.26. The van der Waals surface area contributed by atoms with Crippen molar-refractivity contribution in [2.45, 2.75) is 37.6 Å². The maximum absolute atomic E-state index is 12.5. The van der Waals surface area contributed by atoms with E-state index >= 15 is 0 Å². The smallest absolute Gasteiger partial charge is 0.287 e. The SMILES string of the molecule is CSCc1ccc(C(=O)NC2CCc3nnc(-c4ccncc4)n3CC2)o1. The molecule has 1 aliphatic heterocycles. The number of nitrogens with one attached hydrogen (secondary N) is 1. The van der Waals surface area contributed by atoms with Gasteiger partial charge in [-0.15, -0.1) is 10.2 Å². The number of rotatable bonds is 5. The molecule has 1 unspecified atom stereocenters. The van der Waals surface area contributed by atoms with Crippen LogP contribution in [0.25, 0.3) is 11.4 Å². The quantitative estimate of drug-likeness (QED) is 0.729. The maximum atomic E-state index is 12.5. The van der Waals surface area contributed by atoms with Crippen molar-refractivity contribution in [1.29, 1.82) is 0 Å². The molecule has 3 aromatic rings. The number of carbonyl (C=O) groups excluding carboxylic acids is 1. The number of thioether (sulfide) groups is 1. The molecular weight excluding hydrogens is 362 g/mol. The van der Waals surface area contributed by atoms with Crippen molar-refractivity contribution in [3.63, 3.8) is 0 Å². The summed E-state index contributed by atoms with van der Waals surface area (Å²) >= 11 is 1.67. The zero-order valence-electron chi connectivity index (χ0n) is 15.1. The molecule has 1 amide bonds. The highest BCUT2D eigenvalue weighted by molar-refractivity contribution is 7.97. The first-order valence-electron chi connectivity index (χ1n) is 8.95. The van der Waals surface area contributed by atoms with Crippen LogP contribution in [0, 0.1) is 0 Å². The van der Waals surface area contributed by atoms with Crippen LogP contribution in [0.3, 0.4) is 0 Å². The Kier molecular flexibility index (Phi) is 5.24. The predicted octanol–water partition coefficient (Wildman–Crippen LogP) is 2.93. The molecule has 1 N–H and O–H groups in total. The molecule has 4 heterocycles. The lowest BCUT2D eigenvalue weighted by atomic mass is 10.1. The summed E-state index contributed by atoms with van der Waals surface area (Å²) in [7, 11) is 0. The minimum atomic E-state index is -0.153. The minimum Gasteiger partial charge on any atom is -0.455 e. The Morgan fingerprint density at radius 3 is 2.93 bits per heavy atom. The van der Waals surface area contributed by atoms with Gasteiger partial charge in [0.05, 0.1) is 5.75 Å². The van der Waals surface area contributed by atoms with Crippen molar-refractivity contribution in [1.82, 2.24) is 25.1 Å². The fourth-order valence-corrected chi connectivity index (χ4v) is 3.76. The molecule has 140 valence electrons. The van der Waals surface area contributed by atoms with Crippen molar-refractivity contribution < 1.29 is 9.21 Å². The molecule has 0 spiro atoms. The molecule has 1 atom stereocenters.